The van der Waals surface area contributed by atoms with Gasteiger partial charge in [0.2, 0.25) is 10.0 Å². The second-order valence-electron chi connectivity index (χ2n) is 4.68. The molecule has 1 unspecified atom stereocenters. The highest BCUT2D eigenvalue weighted by atomic mass is 79.9. The number of aryl methyl sites for hydroxylation is 1. The number of sulfonamides is 1. The monoisotopic (exact) mass is 367 g/mol. The van der Waals surface area contributed by atoms with Crippen LogP contribution < -0.4 is 0 Å². The highest BCUT2D eigenvalue weighted by molar-refractivity contribution is 9.11. The largest absolute Gasteiger partial charge is 0.481 e. The maximum absolute atomic E-state index is 12.4. The van der Waals surface area contributed by atoms with E-state index in [4.69, 9.17) is 5.11 Å². The summed E-state index contributed by atoms with van der Waals surface area (Å²) < 4.78 is 26.8. The minimum absolute atomic E-state index is 0.102. The number of thiophene rings is 1. The van der Waals surface area contributed by atoms with Crippen LogP contribution in [0.25, 0.3) is 0 Å². The molecule has 0 radical (unpaired) electrons. The van der Waals surface area contributed by atoms with Gasteiger partial charge in [0.15, 0.2) is 0 Å². The fourth-order valence-electron chi connectivity index (χ4n) is 2.01. The van der Waals surface area contributed by atoms with Crippen LogP contribution in [0.3, 0.4) is 0 Å². The highest BCUT2D eigenvalue weighted by Crippen LogP contribution is 2.35. The van der Waals surface area contributed by atoms with Gasteiger partial charge in [-0.05, 0) is 34.8 Å². The van der Waals surface area contributed by atoms with E-state index in [1.807, 2.05) is 0 Å². The first-order chi connectivity index (χ1) is 8.73. The molecule has 1 saturated heterocycles. The Morgan fingerprint density at radius 1 is 1.58 bits per heavy atom. The van der Waals surface area contributed by atoms with Gasteiger partial charge in [-0.2, -0.15) is 4.31 Å². The van der Waals surface area contributed by atoms with Crippen molar-refractivity contribution in [1.82, 2.24) is 4.31 Å². The van der Waals surface area contributed by atoms with Gasteiger partial charge in [0.1, 0.15) is 0 Å². The van der Waals surface area contributed by atoms with Gasteiger partial charge < -0.3 is 5.11 Å². The van der Waals surface area contributed by atoms with Gasteiger partial charge >= 0.3 is 5.97 Å². The molecule has 106 valence electrons. The predicted molar refractivity (Wildman–Crippen MR) is 75.8 cm³/mol. The van der Waals surface area contributed by atoms with Crippen LogP contribution in [0.5, 0.6) is 0 Å². The molecule has 0 saturated carbocycles. The number of hydrogen-bond acceptors (Lipinski definition) is 4. The third kappa shape index (κ3) is 2.72. The van der Waals surface area contributed by atoms with Crippen LogP contribution >= 0.6 is 27.3 Å². The lowest BCUT2D eigenvalue weighted by molar-refractivity contribution is -0.144. The third-order valence-corrected chi connectivity index (χ3v) is 7.07. The zero-order valence-electron chi connectivity index (χ0n) is 10.5. The van der Waals surface area contributed by atoms with Gasteiger partial charge in [0.25, 0.3) is 0 Å². The Balaban J connectivity index is 2.13. The summed E-state index contributed by atoms with van der Waals surface area (Å²) in [5, 5.41) is 8.90. The first-order valence-corrected chi connectivity index (χ1v) is 8.77. The van der Waals surface area contributed by atoms with Crippen LogP contribution in [0.2, 0.25) is 0 Å². The quantitative estimate of drug-likeness (QED) is 0.884. The van der Waals surface area contributed by atoms with Crippen molar-refractivity contribution in [3.05, 3.63) is 14.7 Å². The lowest BCUT2D eigenvalue weighted by atomic mass is 9.89. The SMILES string of the molecule is Cc1sc(Br)cc1S(=O)(=O)N1CC(C(C)C(=O)O)C1. The van der Waals surface area contributed by atoms with Crippen molar-refractivity contribution in [3.63, 3.8) is 0 Å². The first kappa shape index (κ1) is 15.0. The average molecular weight is 368 g/mol. The summed E-state index contributed by atoms with van der Waals surface area (Å²) in [7, 11) is -3.48. The van der Waals surface area contributed by atoms with E-state index in [0.29, 0.717) is 4.90 Å². The number of aliphatic carboxylic acids is 1. The van der Waals surface area contributed by atoms with Crippen molar-refractivity contribution in [2.75, 3.05) is 13.1 Å². The van der Waals surface area contributed by atoms with Gasteiger partial charge in [-0.25, -0.2) is 8.42 Å². The molecule has 19 heavy (non-hydrogen) atoms. The summed E-state index contributed by atoms with van der Waals surface area (Å²) in [6.45, 7) is 3.94. The molecule has 1 aliphatic rings. The van der Waals surface area contributed by atoms with Crippen molar-refractivity contribution >= 4 is 43.3 Å². The predicted octanol–water partition coefficient (Wildman–Crippen LogP) is 2.16. The van der Waals surface area contributed by atoms with Crippen molar-refractivity contribution < 1.29 is 18.3 Å². The molecule has 0 spiro atoms. The molecule has 1 N–H and O–H groups in total. The number of carbonyl (C=O) groups is 1. The number of carboxylic acids is 1. The van der Waals surface area contributed by atoms with E-state index < -0.39 is 21.9 Å². The van der Waals surface area contributed by atoms with Crippen LogP contribution in [0.4, 0.5) is 0 Å². The van der Waals surface area contributed by atoms with Crippen molar-refractivity contribution in [1.29, 1.82) is 0 Å². The standard InChI is InChI=1S/C11H14BrNO4S2/c1-6(11(14)15)8-4-13(5-8)19(16,17)9-3-10(12)18-7(9)2/h3,6,8H,4-5H2,1-2H3,(H,14,15). The molecule has 2 heterocycles. The van der Waals surface area contributed by atoms with Gasteiger partial charge in [0.05, 0.1) is 14.6 Å². The lowest BCUT2D eigenvalue weighted by Gasteiger charge is -2.39. The Morgan fingerprint density at radius 3 is 2.58 bits per heavy atom. The van der Waals surface area contributed by atoms with E-state index >= 15 is 0 Å². The number of rotatable bonds is 4. The highest BCUT2D eigenvalue weighted by Gasteiger charge is 2.42. The average Bonchev–Trinajstić information content (AvgIpc) is 2.55. The number of nitrogens with zero attached hydrogens (tertiary/aromatic N) is 1. The molecule has 1 aromatic heterocycles. The Bertz CT molecular complexity index is 604. The Hall–Kier alpha value is -0.440. The molecular weight excluding hydrogens is 354 g/mol. The van der Waals surface area contributed by atoms with Crippen LogP contribution in [0.1, 0.15) is 11.8 Å². The molecular formula is C11H14BrNO4S2. The topological polar surface area (TPSA) is 74.7 Å². The zero-order valence-corrected chi connectivity index (χ0v) is 13.7. The van der Waals surface area contributed by atoms with Crippen LogP contribution in [0, 0.1) is 18.8 Å². The van der Waals surface area contributed by atoms with Gasteiger partial charge in [0, 0.05) is 18.0 Å². The molecule has 0 bridgehead atoms. The maximum Gasteiger partial charge on any atom is 0.306 e. The third-order valence-electron chi connectivity index (χ3n) is 3.43. The number of hydrogen-bond donors (Lipinski definition) is 1. The van der Waals surface area contributed by atoms with E-state index in [-0.39, 0.29) is 19.0 Å². The molecule has 1 atom stereocenters. The molecule has 0 aromatic carbocycles. The summed E-state index contributed by atoms with van der Waals surface area (Å²) >= 11 is 4.65. The minimum Gasteiger partial charge on any atom is -0.481 e. The second kappa shape index (κ2) is 5.16. The molecule has 5 nitrogen and oxygen atoms in total. The molecule has 1 aromatic rings. The van der Waals surface area contributed by atoms with E-state index in [1.165, 1.54) is 15.6 Å². The molecule has 1 aliphatic heterocycles. The lowest BCUT2D eigenvalue weighted by Crippen LogP contribution is -2.53. The van der Waals surface area contributed by atoms with Crippen LogP contribution in [0.15, 0.2) is 14.7 Å². The Kier molecular flexibility index (Phi) is 4.06. The summed E-state index contributed by atoms with van der Waals surface area (Å²) in [6.07, 6.45) is 0. The maximum atomic E-state index is 12.4. The summed E-state index contributed by atoms with van der Waals surface area (Å²) in [5.41, 5.74) is 0. The van der Waals surface area contributed by atoms with Crippen LogP contribution in [-0.4, -0.2) is 36.9 Å². The van der Waals surface area contributed by atoms with Gasteiger partial charge in [-0.3, -0.25) is 4.79 Å². The molecule has 1 fully saturated rings. The summed E-state index contributed by atoms with van der Waals surface area (Å²) in [5.74, 6) is -1.49. The summed E-state index contributed by atoms with van der Waals surface area (Å²) in [4.78, 5) is 11.9. The van der Waals surface area contributed by atoms with E-state index in [0.717, 1.165) is 8.66 Å². The Labute approximate surface area is 124 Å². The van der Waals surface area contributed by atoms with E-state index in [9.17, 15) is 13.2 Å². The van der Waals surface area contributed by atoms with E-state index in [1.54, 1.807) is 19.9 Å². The fraction of sp³-hybridized carbons (Fsp3) is 0.545. The number of carboxylic acid groups (broad SMARTS) is 1. The molecule has 0 aliphatic carbocycles. The normalized spacial score (nSPS) is 19.1. The summed E-state index contributed by atoms with van der Waals surface area (Å²) in [6, 6.07) is 1.60. The van der Waals surface area contributed by atoms with Crippen molar-refractivity contribution in [2.45, 2.75) is 18.7 Å². The van der Waals surface area contributed by atoms with Gasteiger partial charge in [-0.1, -0.05) is 6.92 Å². The van der Waals surface area contributed by atoms with Crippen molar-refractivity contribution in [2.24, 2.45) is 11.8 Å². The fourth-order valence-corrected chi connectivity index (χ4v) is 5.95. The Morgan fingerprint density at radius 2 is 2.16 bits per heavy atom. The first-order valence-electron chi connectivity index (χ1n) is 5.72. The minimum atomic E-state index is -3.48. The second-order valence-corrected chi connectivity index (χ2v) is 9.22. The molecule has 0 amide bonds. The van der Waals surface area contributed by atoms with E-state index in [2.05, 4.69) is 15.9 Å². The molecule has 8 heteroatoms. The smallest absolute Gasteiger partial charge is 0.306 e. The van der Waals surface area contributed by atoms with Crippen molar-refractivity contribution in [3.8, 4) is 0 Å². The van der Waals surface area contributed by atoms with Crippen LogP contribution in [-0.2, 0) is 14.8 Å². The zero-order chi connectivity index (χ0) is 14.4. The molecule has 2 rings (SSSR count). The van der Waals surface area contributed by atoms with Gasteiger partial charge in [-0.15, -0.1) is 11.3 Å². The number of halogens is 1.